The Morgan fingerprint density at radius 2 is 2.12 bits per heavy atom. The zero-order chi connectivity index (χ0) is 17.0. The van der Waals surface area contributed by atoms with Gasteiger partial charge in [0.1, 0.15) is 5.52 Å². The van der Waals surface area contributed by atoms with Crippen molar-refractivity contribution < 1.29 is 4.42 Å². The highest BCUT2D eigenvalue weighted by Crippen LogP contribution is 2.36. The van der Waals surface area contributed by atoms with Crippen molar-refractivity contribution in [2.45, 2.75) is 25.0 Å². The first kappa shape index (κ1) is 15.6. The molecular formula is C18H16BrClN4O. The Kier molecular flexibility index (Phi) is 3.73. The van der Waals surface area contributed by atoms with E-state index in [4.69, 9.17) is 16.0 Å². The van der Waals surface area contributed by atoms with Crippen LogP contribution in [0.2, 0.25) is 5.02 Å². The summed E-state index contributed by atoms with van der Waals surface area (Å²) in [5, 5.41) is 0.673. The highest BCUT2D eigenvalue weighted by atomic mass is 79.9. The Bertz CT molecular complexity index is 928. The van der Waals surface area contributed by atoms with E-state index < -0.39 is 0 Å². The number of benzene rings is 1. The fraction of sp³-hybridized carbons (Fsp3) is 0.333. The van der Waals surface area contributed by atoms with Gasteiger partial charge in [-0.25, -0.2) is 0 Å². The molecule has 2 atom stereocenters. The Balaban J connectivity index is 1.32. The second kappa shape index (κ2) is 5.97. The fourth-order valence-electron chi connectivity index (χ4n) is 3.89. The van der Waals surface area contributed by atoms with Crippen molar-refractivity contribution in [1.82, 2.24) is 14.9 Å². The quantitative estimate of drug-likeness (QED) is 0.639. The van der Waals surface area contributed by atoms with Gasteiger partial charge in [-0.15, -0.1) is 0 Å². The first-order valence-corrected chi connectivity index (χ1v) is 9.50. The summed E-state index contributed by atoms with van der Waals surface area (Å²) < 4.78 is 6.96. The van der Waals surface area contributed by atoms with Crippen LogP contribution in [0.4, 0.5) is 6.01 Å². The third-order valence-electron chi connectivity index (χ3n) is 5.09. The molecule has 2 aliphatic rings. The van der Waals surface area contributed by atoms with Gasteiger partial charge in [0, 0.05) is 53.5 Å². The van der Waals surface area contributed by atoms with E-state index in [9.17, 15) is 0 Å². The van der Waals surface area contributed by atoms with Crippen molar-refractivity contribution in [1.29, 1.82) is 0 Å². The number of likely N-dealkylation sites (tertiary alicyclic amines) is 1. The number of rotatable bonds is 3. The summed E-state index contributed by atoms with van der Waals surface area (Å²) in [6.07, 6.45) is 3.01. The van der Waals surface area contributed by atoms with E-state index in [0.29, 0.717) is 23.1 Å². The third-order valence-corrected chi connectivity index (χ3v) is 5.80. The molecule has 3 aromatic rings. The average molecular weight is 420 g/mol. The van der Waals surface area contributed by atoms with Crippen molar-refractivity contribution in [3.05, 3.63) is 51.7 Å². The summed E-state index contributed by atoms with van der Waals surface area (Å²) in [5.41, 5.74) is 2.72. The van der Waals surface area contributed by atoms with Crippen LogP contribution in [-0.4, -0.2) is 40.0 Å². The standard InChI is InChI=1S/C18H16BrClN4O/c19-11-1-3-13(21-7-11)8-23-9-15-6-14(23)10-24(15)18-22-16-4-2-12(20)5-17(16)25-18/h1-5,7,14-15H,6,8-10H2. The van der Waals surface area contributed by atoms with Crippen molar-refractivity contribution >= 4 is 44.6 Å². The van der Waals surface area contributed by atoms with E-state index in [1.807, 2.05) is 30.5 Å². The third kappa shape index (κ3) is 2.82. The molecule has 0 aliphatic carbocycles. The molecule has 0 amide bonds. The van der Waals surface area contributed by atoms with Crippen molar-refractivity contribution in [2.75, 3.05) is 18.0 Å². The largest absolute Gasteiger partial charge is 0.423 e. The molecule has 5 rings (SSSR count). The van der Waals surface area contributed by atoms with E-state index in [0.717, 1.165) is 47.3 Å². The number of hydrogen-bond donors (Lipinski definition) is 0. The lowest BCUT2D eigenvalue weighted by molar-refractivity contribution is 0.225. The van der Waals surface area contributed by atoms with Crippen molar-refractivity contribution in [3.63, 3.8) is 0 Å². The van der Waals surface area contributed by atoms with Gasteiger partial charge in [-0.1, -0.05) is 11.6 Å². The second-order valence-corrected chi connectivity index (χ2v) is 8.05. The maximum Gasteiger partial charge on any atom is 0.298 e. The highest BCUT2D eigenvalue weighted by molar-refractivity contribution is 9.10. The molecule has 0 spiro atoms. The number of oxazole rings is 1. The molecule has 0 saturated carbocycles. The number of pyridine rings is 1. The van der Waals surface area contributed by atoms with Gasteiger partial charge in [0.15, 0.2) is 5.58 Å². The normalized spacial score (nSPS) is 23.0. The maximum absolute atomic E-state index is 6.04. The first-order valence-electron chi connectivity index (χ1n) is 8.33. The molecule has 0 radical (unpaired) electrons. The summed E-state index contributed by atoms with van der Waals surface area (Å²) in [6, 6.07) is 11.4. The number of nitrogens with zero attached hydrogens (tertiary/aromatic N) is 4. The summed E-state index contributed by atoms with van der Waals surface area (Å²) in [4.78, 5) is 13.9. The van der Waals surface area contributed by atoms with E-state index in [2.05, 4.69) is 41.8 Å². The van der Waals surface area contributed by atoms with Gasteiger partial charge < -0.3 is 9.32 Å². The summed E-state index contributed by atoms with van der Waals surface area (Å²) >= 11 is 9.47. The van der Waals surface area contributed by atoms with Gasteiger partial charge in [0.2, 0.25) is 0 Å². The topological polar surface area (TPSA) is 45.4 Å². The van der Waals surface area contributed by atoms with Gasteiger partial charge in [-0.05, 0) is 46.6 Å². The predicted molar refractivity (Wildman–Crippen MR) is 101 cm³/mol. The molecule has 4 heterocycles. The molecule has 2 fully saturated rings. The second-order valence-electron chi connectivity index (χ2n) is 6.70. The lowest BCUT2D eigenvalue weighted by Gasteiger charge is -2.33. The number of hydrogen-bond acceptors (Lipinski definition) is 5. The zero-order valence-electron chi connectivity index (χ0n) is 13.4. The molecular weight excluding hydrogens is 404 g/mol. The van der Waals surface area contributed by atoms with Gasteiger partial charge in [-0.2, -0.15) is 4.98 Å². The fourth-order valence-corrected chi connectivity index (χ4v) is 4.29. The number of piperazine rings is 1. The van der Waals surface area contributed by atoms with Gasteiger partial charge in [-0.3, -0.25) is 9.88 Å². The molecule has 128 valence electrons. The number of fused-ring (bicyclic) bond motifs is 3. The molecule has 2 aliphatic heterocycles. The van der Waals surface area contributed by atoms with Crippen LogP contribution in [0.15, 0.2) is 45.4 Å². The van der Waals surface area contributed by atoms with Crippen LogP contribution in [0.3, 0.4) is 0 Å². The summed E-state index contributed by atoms with van der Waals surface area (Å²) in [7, 11) is 0. The molecule has 2 saturated heterocycles. The lowest BCUT2D eigenvalue weighted by atomic mass is 10.2. The molecule has 7 heteroatoms. The summed E-state index contributed by atoms with van der Waals surface area (Å²) in [5.74, 6) is 0. The number of anilines is 1. The Morgan fingerprint density at radius 3 is 2.88 bits per heavy atom. The predicted octanol–water partition coefficient (Wildman–Crippen LogP) is 4.10. The van der Waals surface area contributed by atoms with E-state index in [1.165, 1.54) is 0 Å². The van der Waals surface area contributed by atoms with Crippen molar-refractivity contribution in [2.24, 2.45) is 0 Å². The first-order chi connectivity index (χ1) is 12.2. The van der Waals surface area contributed by atoms with E-state index in [1.54, 1.807) is 0 Å². The van der Waals surface area contributed by atoms with Crippen LogP contribution < -0.4 is 4.90 Å². The summed E-state index contributed by atoms with van der Waals surface area (Å²) in [6.45, 7) is 2.86. The Hall–Kier alpha value is -1.63. The van der Waals surface area contributed by atoms with Crippen LogP contribution in [0.25, 0.3) is 11.1 Å². The molecule has 2 unspecified atom stereocenters. The van der Waals surface area contributed by atoms with Crippen LogP contribution in [0.1, 0.15) is 12.1 Å². The van der Waals surface area contributed by atoms with E-state index in [-0.39, 0.29) is 0 Å². The monoisotopic (exact) mass is 418 g/mol. The van der Waals surface area contributed by atoms with Crippen LogP contribution in [-0.2, 0) is 6.54 Å². The van der Waals surface area contributed by atoms with Gasteiger partial charge >= 0.3 is 0 Å². The maximum atomic E-state index is 6.04. The van der Waals surface area contributed by atoms with Gasteiger partial charge in [0.25, 0.3) is 6.01 Å². The smallest absolute Gasteiger partial charge is 0.298 e. The van der Waals surface area contributed by atoms with Crippen molar-refractivity contribution in [3.8, 4) is 0 Å². The lowest BCUT2D eigenvalue weighted by Crippen LogP contribution is -2.46. The zero-order valence-corrected chi connectivity index (χ0v) is 15.7. The molecule has 1 aromatic carbocycles. The number of aromatic nitrogens is 2. The minimum Gasteiger partial charge on any atom is -0.423 e. The average Bonchev–Trinajstić information content (AvgIpc) is 3.29. The van der Waals surface area contributed by atoms with Crippen LogP contribution >= 0.6 is 27.5 Å². The number of halogens is 2. The van der Waals surface area contributed by atoms with Gasteiger partial charge in [0.05, 0.1) is 5.69 Å². The van der Waals surface area contributed by atoms with Crippen LogP contribution in [0.5, 0.6) is 0 Å². The van der Waals surface area contributed by atoms with E-state index >= 15 is 0 Å². The molecule has 25 heavy (non-hydrogen) atoms. The van der Waals surface area contributed by atoms with Crippen LogP contribution in [0, 0.1) is 0 Å². The minimum absolute atomic E-state index is 0.448. The molecule has 0 N–H and O–H groups in total. The molecule has 5 nitrogen and oxygen atoms in total. The highest BCUT2D eigenvalue weighted by Gasteiger charge is 2.44. The SMILES string of the molecule is Clc1ccc2nc(N3CC4CC3CN4Cc3ccc(Br)cn3)oc2c1. The molecule has 2 bridgehead atoms. The minimum atomic E-state index is 0.448. The Labute approximate surface area is 158 Å². The Morgan fingerprint density at radius 1 is 1.20 bits per heavy atom. The molecule has 2 aromatic heterocycles.